The van der Waals surface area contributed by atoms with Crippen LogP contribution in [0.3, 0.4) is 0 Å². The van der Waals surface area contributed by atoms with E-state index in [1.807, 2.05) is 11.8 Å². The molecule has 1 unspecified atom stereocenters. The third-order valence-electron chi connectivity index (χ3n) is 5.93. The lowest BCUT2D eigenvalue weighted by atomic mass is 10.0. The van der Waals surface area contributed by atoms with Gasteiger partial charge >= 0.3 is 6.18 Å². The molecule has 1 atom stereocenters. The van der Waals surface area contributed by atoms with Crippen LogP contribution in [0.5, 0.6) is 0 Å². The lowest BCUT2D eigenvalue weighted by molar-refractivity contribution is -0.137. The van der Waals surface area contributed by atoms with Crippen LogP contribution in [-0.4, -0.2) is 36.0 Å². The first kappa shape index (κ1) is 21.2. The second kappa shape index (κ2) is 8.24. The minimum absolute atomic E-state index is 0.0311. The van der Waals surface area contributed by atoms with Crippen molar-refractivity contribution in [2.24, 2.45) is 0 Å². The van der Waals surface area contributed by atoms with Crippen LogP contribution in [0.1, 0.15) is 58.9 Å². The van der Waals surface area contributed by atoms with Crippen molar-refractivity contribution in [3.05, 3.63) is 59.2 Å². The number of rotatable bonds is 3. The maximum atomic E-state index is 13.1. The molecule has 164 valence electrons. The standard InChI is InChI=1S/C23H24F3N3O2/c1-2-28-19-13-15(21(30)27-17-8-6-7-16(14-17)23(24,25)26)10-11-18(19)22(31)29-12-5-3-4-9-20(28)29/h6-8,10-11,13-14,20H,2-5,9,12H2,1H3,(H,27,30). The van der Waals surface area contributed by atoms with Crippen molar-refractivity contribution in [3.8, 4) is 0 Å². The lowest BCUT2D eigenvalue weighted by Gasteiger charge is -2.44. The molecule has 4 rings (SSSR count). The third kappa shape index (κ3) is 4.11. The van der Waals surface area contributed by atoms with Crippen LogP contribution >= 0.6 is 0 Å². The molecular weight excluding hydrogens is 407 g/mol. The van der Waals surface area contributed by atoms with Gasteiger partial charge in [0.2, 0.25) is 0 Å². The number of fused-ring (bicyclic) bond motifs is 2. The predicted octanol–water partition coefficient (Wildman–Crippen LogP) is 5.14. The van der Waals surface area contributed by atoms with Crippen molar-refractivity contribution < 1.29 is 22.8 Å². The number of carbonyl (C=O) groups is 2. The van der Waals surface area contributed by atoms with Crippen LogP contribution in [0, 0.1) is 0 Å². The number of carbonyl (C=O) groups excluding carboxylic acids is 2. The summed E-state index contributed by atoms with van der Waals surface area (Å²) in [5.41, 5.74) is 0.787. The van der Waals surface area contributed by atoms with Gasteiger partial charge in [-0.05, 0) is 62.6 Å². The fourth-order valence-electron chi connectivity index (χ4n) is 4.42. The normalized spacial score (nSPS) is 18.8. The van der Waals surface area contributed by atoms with E-state index in [1.54, 1.807) is 18.2 Å². The topological polar surface area (TPSA) is 52.7 Å². The molecule has 2 aromatic carbocycles. The highest BCUT2D eigenvalue weighted by Gasteiger charge is 2.37. The molecule has 31 heavy (non-hydrogen) atoms. The number of benzene rings is 2. The van der Waals surface area contributed by atoms with Gasteiger partial charge in [0.25, 0.3) is 11.8 Å². The van der Waals surface area contributed by atoms with Crippen molar-refractivity contribution in [3.63, 3.8) is 0 Å². The van der Waals surface area contributed by atoms with Crippen molar-refractivity contribution in [2.45, 2.75) is 44.9 Å². The van der Waals surface area contributed by atoms with Crippen molar-refractivity contribution in [2.75, 3.05) is 23.3 Å². The Hall–Kier alpha value is -3.03. The van der Waals surface area contributed by atoms with Gasteiger partial charge in [-0.15, -0.1) is 0 Å². The fraction of sp³-hybridized carbons (Fsp3) is 0.391. The molecule has 0 radical (unpaired) electrons. The van der Waals surface area contributed by atoms with E-state index >= 15 is 0 Å². The Morgan fingerprint density at radius 3 is 2.68 bits per heavy atom. The van der Waals surface area contributed by atoms with Crippen LogP contribution in [0.2, 0.25) is 0 Å². The molecular formula is C23H24F3N3O2. The smallest absolute Gasteiger partial charge is 0.351 e. The van der Waals surface area contributed by atoms with E-state index < -0.39 is 17.6 Å². The molecule has 1 fully saturated rings. The summed E-state index contributed by atoms with van der Waals surface area (Å²) < 4.78 is 38.8. The number of alkyl halides is 3. The predicted molar refractivity (Wildman–Crippen MR) is 112 cm³/mol. The molecule has 8 heteroatoms. The quantitative estimate of drug-likeness (QED) is 0.732. The van der Waals surface area contributed by atoms with Crippen LogP contribution in [-0.2, 0) is 6.18 Å². The minimum atomic E-state index is -4.49. The second-order valence-corrected chi connectivity index (χ2v) is 7.88. The van der Waals surface area contributed by atoms with E-state index in [2.05, 4.69) is 10.2 Å². The van der Waals surface area contributed by atoms with Crippen molar-refractivity contribution in [1.82, 2.24) is 4.90 Å². The van der Waals surface area contributed by atoms with Gasteiger partial charge in [-0.25, -0.2) is 0 Å². The zero-order valence-corrected chi connectivity index (χ0v) is 17.2. The molecule has 2 amide bonds. The van der Waals surface area contributed by atoms with Gasteiger partial charge in [-0.1, -0.05) is 12.5 Å². The summed E-state index contributed by atoms with van der Waals surface area (Å²) in [6.07, 6.45) is -0.547. The third-order valence-corrected chi connectivity index (χ3v) is 5.93. The van der Waals surface area contributed by atoms with E-state index in [1.165, 1.54) is 12.1 Å². The Morgan fingerprint density at radius 1 is 1.13 bits per heavy atom. The van der Waals surface area contributed by atoms with Crippen LogP contribution in [0.4, 0.5) is 24.5 Å². The number of amides is 2. The van der Waals surface area contributed by atoms with Crippen LogP contribution in [0.25, 0.3) is 0 Å². The summed E-state index contributed by atoms with van der Waals surface area (Å²) in [6, 6.07) is 9.38. The van der Waals surface area contributed by atoms with Gasteiger partial charge in [0, 0.05) is 24.3 Å². The molecule has 2 aromatic rings. The zero-order valence-electron chi connectivity index (χ0n) is 17.2. The maximum absolute atomic E-state index is 13.1. The van der Waals surface area contributed by atoms with Crippen molar-refractivity contribution in [1.29, 1.82) is 0 Å². The average molecular weight is 431 g/mol. The minimum Gasteiger partial charge on any atom is -0.351 e. The largest absolute Gasteiger partial charge is 0.416 e. The van der Waals surface area contributed by atoms with Crippen LogP contribution < -0.4 is 10.2 Å². The molecule has 1 saturated heterocycles. The molecule has 2 aliphatic rings. The molecule has 0 aliphatic carbocycles. The zero-order chi connectivity index (χ0) is 22.2. The molecule has 0 spiro atoms. The molecule has 0 bridgehead atoms. The van der Waals surface area contributed by atoms with Gasteiger partial charge in [0.15, 0.2) is 0 Å². The summed E-state index contributed by atoms with van der Waals surface area (Å²) in [4.78, 5) is 29.9. The highest BCUT2D eigenvalue weighted by atomic mass is 19.4. The number of nitrogens with zero attached hydrogens (tertiary/aromatic N) is 2. The second-order valence-electron chi connectivity index (χ2n) is 7.88. The molecule has 2 heterocycles. The number of hydrogen-bond donors (Lipinski definition) is 1. The summed E-state index contributed by atoms with van der Waals surface area (Å²) in [5.74, 6) is -0.551. The van der Waals surface area contributed by atoms with E-state index in [0.29, 0.717) is 23.4 Å². The maximum Gasteiger partial charge on any atom is 0.416 e. The van der Waals surface area contributed by atoms with Gasteiger partial charge < -0.3 is 15.1 Å². The van der Waals surface area contributed by atoms with Crippen molar-refractivity contribution >= 4 is 23.2 Å². The Kier molecular flexibility index (Phi) is 5.64. The van der Waals surface area contributed by atoms with Gasteiger partial charge in [-0.2, -0.15) is 13.2 Å². The Morgan fingerprint density at radius 2 is 1.94 bits per heavy atom. The monoisotopic (exact) mass is 431 g/mol. The van der Waals surface area contributed by atoms with E-state index in [-0.39, 0.29) is 17.8 Å². The molecule has 0 aromatic heterocycles. The Labute approximate surface area is 178 Å². The summed E-state index contributed by atoms with van der Waals surface area (Å²) in [6.45, 7) is 3.41. The van der Waals surface area contributed by atoms with E-state index in [9.17, 15) is 22.8 Å². The molecule has 0 saturated carbocycles. The SMILES string of the molecule is CCN1c2cc(C(=O)Nc3cccc(C(F)(F)F)c3)ccc2C(=O)N2CCCCCC21. The average Bonchev–Trinajstić information content (AvgIpc) is 3.00. The number of anilines is 2. The van der Waals surface area contributed by atoms with Gasteiger partial charge in [-0.3, -0.25) is 9.59 Å². The summed E-state index contributed by atoms with van der Waals surface area (Å²) >= 11 is 0. The number of nitrogens with one attached hydrogen (secondary N) is 1. The molecule has 5 nitrogen and oxygen atoms in total. The van der Waals surface area contributed by atoms with Gasteiger partial charge in [0.05, 0.1) is 16.8 Å². The van der Waals surface area contributed by atoms with Gasteiger partial charge in [0.1, 0.15) is 6.17 Å². The Bertz CT molecular complexity index is 1010. The molecule has 1 N–H and O–H groups in total. The first-order valence-electron chi connectivity index (χ1n) is 10.5. The molecule has 2 aliphatic heterocycles. The lowest BCUT2D eigenvalue weighted by Crippen LogP contribution is -2.55. The highest BCUT2D eigenvalue weighted by molar-refractivity contribution is 6.08. The first-order valence-corrected chi connectivity index (χ1v) is 10.5. The Balaban J connectivity index is 1.63. The number of halogens is 3. The highest BCUT2D eigenvalue weighted by Crippen LogP contribution is 2.36. The summed E-state index contributed by atoms with van der Waals surface area (Å²) in [5, 5.41) is 2.54. The number of hydrogen-bond acceptors (Lipinski definition) is 3. The van der Waals surface area contributed by atoms with E-state index in [4.69, 9.17) is 0 Å². The first-order chi connectivity index (χ1) is 14.8. The van der Waals surface area contributed by atoms with E-state index in [0.717, 1.165) is 44.4 Å². The van der Waals surface area contributed by atoms with Crippen LogP contribution in [0.15, 0.2) is 42.5 Å². The summed E-state index contributed by atoms with van der Waals surface area (Å²) in [7, 11) is 0. The fourth-order valence-corrected chi connectivity index (χ4v) is 4.42.